The number of rotatable bonds is 3. The van der Waals surface area contributed by atoms with Crippen LogP contribution >= 0.6 is 0 Å². The van der Waals surface area contributed by atoms with Crippen LogP contribution in [0.1, 0.15) is 47.9 Å². The van der Waals surface area contributed by atoms with Crippen molar-refractivity contribution in [3.63, 3.8) is 0 Å². The first-order chi connectivity index (χ1) is 13.1. The minimum atomic E-state index is -0.478. The number of hydrogen-bond donors (Lipinski definition) is 2. The molecule has 4 rings (SSSR count). The van der Waals surface area contributed by atoms with E-state index >= 15 is 0 Å². The van der Waals surface area contributed by atoms with E-state index in [0.717, 1.165) is 30.7 Å². The summed E-state index contributed by atoms with van der Waals surface area (Å²) in [5, 5.41) is 0. The highest BCUT2D eigenvalue weighted by Gasteiger charge is 2.48. The summed E-state index contributed by atoms with van der Waals surface area (Å²) in [4.78, 5) is 40.7. The van der Waals surface area contributed by atoms with Gasteiger partial charge in [0.05, 0.1) is 23.1 Å². The average molecular weight is 368 g/mol. The van der Waals surface area contributed by atoms with Gasteiger partial charge in [0.2, 0.25) is 5.91 Å². The standard InChI is InChI=1S/C19H24N6O2/c1-2-15(26)25-9-5-14-16(23-12-22-14)19(25)6-10-24(11-7-19)18-13(17(20)27)4-3-8-21-18/h3-4,8,12H,2,5-7,9-11H2,1H3,(H2,20,27)(H,22,23). The number of amides is 2. The summed E-state index contributed by atoms with van der Waals surface area (Å²) in [6, 6.07) is 3.42. The first-order valence-electron chi connectivity index (χ1n) is 9.40. The zero-order valence-corrected chi connectivity index (χ0v) is 15.4. The molecule has 3 N–H and O–H groups in total. The first-order valence-corrected chi connectivity index (χ1v) is 9.40. The molecule has 2 aromatic rings. The van der Waals surface area contributed by atoms with Crippen molar-refractivity contribution in [1.29, 1.82) is 0 Å². The second kappa shape index (κ2) is 6.68. The molecule has 2 aliphatic heterocycles. The molecule has 8 heteroatoms. The quantitative estimate of drug-likeness (QED) is 0.846. The van der Waals surface area contributed by atoms with Crippen molar-refractivity contribution in [2.75, 3.05) is 24.5 Å². The summed E-state index contributed by atoms with van der Waals surface area (Å²) in [5.41, 5.74) is 7.67. The predicted molar refractivity (Wildman–Crippen MR) is 100 cm³/mol. The Bertz CT molecular complexity index is 869. The number of nitrogens with two attached hydrogens (primary N) is 1. The maximum Gasteiger partial charge on any atom is 0.252 e. The summed E-state index contributed by atoms with van der Waals surface area (Å²) in [6.07, 6.45) is 6.17. The van der Waals surface area contributed by atoms with Gasteiger partial charge in [-0.1, -0.05) is 6.92 Å². The maximum absolute atomic E-state index is 12.7. The van der Waals surface area contributed by atoms with Crippen LogP contribution in [0.3, 0.4) is 0 Å². The molecule has 0 unspecified atom stereocenters. The molecule has 27 heavy (non-hydrogen) atoms. The number of nitrogens with zero attached hydrogens (tertiary/aromatic N) is 4. The van der Waals surface area contributed by atoms with Crippen LogP contribution in [0.4, 0.5) is 5.82 Å². The Morgan fingerprint density at radius 3 is 2.74 bits per heavy atom. The summed E-state index contributed by atoms with van der Waals surface area (Å²) >= 11 is 0. The van der Waals surface area contributed by atoms with Crippen LogP contribution in [-0.2, 0) is 16.8 Å². The topological polar surface area (TPSA) is 108 Å². The van der Waals surface area contributed by atoms with Gasteiger partial charge in [0.1, 0.15) is 5.82 Å². The smallest absolute Gasteiger partial charge is 0.252 e. The van der Waals surface area contributed by atoms with Crippen molar-refractivity contribution in [2.45, 2.75) is 38.1 Å². The molecule has 1 saturated heterocycles. The predicted octanol–water partition coefficient (Wildman–Crippen LogP) is 1.19. The monoisotopic (exact) mass is 368 g/mol. The number of aromatic amines is 1. The Morgan fingerprint density at radius 2 is 2.04 bits per heavy atom. The van der Waals surface area contributed by atoms with Gasteiger partial charge in [0, 0.05) is 44.4 Å². The summed E-state index contributed by atoms with van der Waals surface area (Å²) in [7, 11) is 0. The second-order valence-electron chi connectivity index (χ2n) is 7.14. The van der Waals surface area contributed by atoms with Crippen LogP contribution < -0.4 is 10.6 Å². The lowest BCUT2D eigenvalue weighted by molar-refractivity contribution is -0.140. The lowest BCUT2D eigenvalue weighted by atomic mass is 9.78. The zero-order valence-electron chi connectivity index (χ0n) is 15.4. The lowest BCUT2D eigenvalue weighted by Gasteiger charge is -2.50. The Balaban J connectivity index is 1.65. The highest BCUT2D eigenvalue weighted by Crippen LogP contribution is 2.43. The van der Waals surface area contributed by atoms with Gasteiger partial charge in [-0.25, -0.2) is 9.97 Å². The number of H-pyrrole nitrogens is 1. The third kappa shape index (κ3) is 2.75. The van der Waals surface area contributed by atoms with Crippen molar-refractivity contribution in [2.24, 2.45) is 5.73 Å². The summed E-state index contributed by atoms with van der Waals surface area (Å²) < 4.78 is 0. The Labute approximate surface area is 157 Å². The number of carbonyl (C=O) groups excluding carboxylic acids is 2. The number of nitrogens with one attached hydrogen (secondary N) is 1. The zero-order chi connectivity index (χ0) is 19.0. The lowest BCUT2D eigenvalue weighted by Crippen LogP contribution is -2.58. The number of piperidine rings is 1. The molecule has 4 heterocycles. The highest BCUT2D eigenvalue weighted by atomic mass is 16.2. The molecule has 1 spiro atoms. The number of carbonyl (C=O) groups is 2. The summed E-state index contributed by atoms with van der Waals surface area (Å²) in [6.45, 7) is 3.96. The van der Waals surface area contributed by atoms with Crippen molar-refractivity contribution in [3.8, 4) is 0 Å². The summed E-state index contributed by atoms with van der Waals surface area (Å²) in [5.74, 6) is 0.299. The number of fused-ring (bicyclic) bond motifs is 2. The molecule has 0 aromatic carbocycles. The minimum Gasteiger partial charge on any atom is -0.365 e. The molecule has 0 radical (unpaired) electrons. The van der Waals surface area contributed by atoms with Gasteiger partial charge in [-0.3, -0.25) is 9.59 Å². The third-order valence-corrected chi connectivity index (χ3v) is 5.81. The van der Waals surface area contributed by atoms with Crippen molar-refractivity contribution in [1.82, 2.24) is 19.9 Å². The van der Waals surface area contributed by atoms with Crippen LogP contribution in [0.2, 0.25) is 0 Å². The fourth-order valence-electron chi connectivity index (χ4n) is 4.47. The van der Waals surface area contributed by atoms with Crippen LogP contribution in [0.25, 0.3) is 0 Å². The molecule has 0 saturated carbocycles. The molecular weight excluding hydrogens is 344 g/mol. The van der Waals surface area contributed by atoms with E-state index in [4.69, 9.17) is 5.73 Å². The molecule has 1 fully saturated rings. The largest absolute Gasteiger partial charge is 0.365 e. The van der Waals surface area contributed by atoms with Crippen molar-refractivity contribution >= 4 is 17.6 Å². The molecular formula is C19H24N6O2. The SMILES string of the molecule is CCC(=O)N1CCc2[nH]cnc2C12CCN(c1ncccc1C(N)=O)CC2. The Kier molecular flexibility index (Phi) is 4.33. The van der Waals surface area contributed by atoms with Gasteiger partial charge in [0.15, 0.2) is 0 Å². The second-order valence-corrected chi connectivity index (χ2v) is 7.14. The first kappa shape index (κ1) is 17.5. The van der Waals surface area contributed by atoms with E-state index in [1.165, 1.54) is 0 Å². The minimum absolute atomic E-state index is 0.160. The molecule has 2 amide bonds. The highest BCUT2D eigenvalue weighted by molar-refractivity contribution is 5.97. The molecule has 8 nitrogen and oxygen atoms in total. The van der Waals surface area contributed by atoms with E-state index in [0.29, 0.717) is 37.4 Å². The molecule has 142 valence electrons. The third-order valence-electron chi connectivity index (χ3n) is 5.81. The van der Waals surface area contributed by atoms with E-state index in [-0.39, 0.29) is 5.91 Å². The van der Waals surface area contributed by atoms with Gasteiger partial charge in [0.25, 0.3) is 5.91 Å². The van der Waals surface area contributed by atoms with Crippen molar-refractivity contribution < 1.29 is 9.59 Å². The van der Waals surface area contributed by atoms with Crippen LogP contribution in [0.5, 0.6) is 0 Å². The van der Waals surface area contributed by atoms with Gasteiger partial charge in [-0.2, -0.15) is 0 Å². The molecule has 0 aliphatic carbocycles. The van der Waals surface area contributed by atoms with E-state index < -0.39 is 11.4 Å². The van der Waals surface area contributed by atoms with Gasteiger partial charge < -0.3 is 20.5 Å². The van der Waals surface area contributed by atoms with E-state index in [2.05, 4.69) is 19.9 Å². The van der Waals surface area contributed by atoms with E-state index in [1.807, 2.05) is 11.8 Å². The Morgan fingerprint density at radius 1 is 1.26 bits per heavy atom. The molecule has 0 atom stereocenters. The molecule has 2 aromatic heterocycles. The van der Waals surface area contributed by atoms with Gasteiger partial charge in [-0.15, -0.1) is 0 Å². The van der Waals surface area contributed by atoms with E-state index in [9.17, 15) is 9.59 Å². The van der Waals surface area contributed by atoms with E-state index in [1.54, 1.807) is 24.7 Å². The van der Waals surface area contributed by atoms with Crippen LogP contribution in [-0.4, -0.2) is 51.3 Å². The fraction of sp³-hybridized carbons (Fsp3) is 0.474. The van der Waals surface area contributed by atoms with Crippen LogP contribution in [0, 0.1) is 0 Å². The van der Waals surface area contributed by atoms with Gasteiger partial charge >= 0.3 is 0 Å². The number of pyridine rings is 1. The van der Waals surface area contributed by atoms with Crippen molar-refractivity contribution in [3.05, 3.63) is 41.6 Å². The number of aromatic nitrogens is 3. The number of imidazole rings is 1. The van der Waals surface area contributed by atoms with Crippen LogP contribution in [0.15, 0.2) is 24.7 Å². The molecule has 0 bridgehead atoms. The number of anilines is 1. The average Bonchev–Trinajstić information content (AvgIpc) is 3.18. The van der Waals surface area contributed by atoms with Gasteiger partial charge in [-0.05, 0) is 25.0 Å². The fourth-order valence-corrected chi connectivity index (χ4v) is 4.47. The Hall–Kier alpha value is -2.90. The molecule has 2 aliphatic rings. The maximum atomic E-state index is 12.7. The normalized spacial score (nSPS) is 18.4. The number of primary amides is 1. The number of hydrogen-bond acceptors (Lipinski definition) is 5.